The molecule has 0 radical (unpaired) electrons. The maximum atomic E-state index is 12.7. The third-order valence-electron chi connectivity index (χ3n) is 3.76. The number of hydrogen-bond acceptors (Lipinski definition) is 6. The molecule has 1 saturated heterocycles. The van der Waals surface area contributed by atoms with Gasteiger partial charge in [-0.2, -0.15) is 8.42 Å². The van der Waals surface area contributed by atoms with E-state index < -0.39 is 21.8 Å². The second-order valence-corrected chi connectivity index (χ2v) is 9.47. The number of nitrogens with zero attached hydrogens (tertiary/aromatic N) is 2. The molecule has 2 heterocycles. The fourth-order valence-corrected chi connectivity index (χ4v) is 4.72. The summed E-state index contributed by atoms with van der Waals surface area (Å²) in [4.78, 5) is 28.0. The summed E-state index contributed by atoms with van der Waals surface area (Å²) in [5.74, 6) is -1.50. The normalized spacial score (nSPS) is 20.7. The zero-order valence-electron chi connectivity index (χ0n) is 12.7. The molecular weight excluding hydrogens is 452 g/mol. The Kier molecular flexibility index (Phi) is 4.79. The quantitative estimate of drug-likeness (QED) is 0.416. The lowest BCUT2D eigenvalue weighted by atomic mass is 10.1. The molecule has 2 aliphatic rings. The number of carbonyl (C=O) groups excluding carboxylic acids is 2. The van der Waals surface area contributed by atoms with Crippen molar-refractivity contribution in [2.75, 3.05) is 24.2 Å². The van der Waals surface area contributed by atoms with E-state index in [-0.39, 0.29) is 27.3 Å². The molecular formula is C14H11BrN2O5S3. The molecule has 0 aliphatic carbocycles. The second-order valence-electron chi connectivity index (χ2n) is 5.34. The van der Waals surface area contributed by atoms with Crippen LogP contribution in [0.15, 0.2) is 27.6 Å². The Morgan fingerprint density at radius 3 is 2.60 bits per heavy atom. The van der Waals surface area contributed by atoms with Gasteiger partial charge in [-0.3, -0.25) is 19.0 Å². The van der Waals surface area contributed by atoms with Crippen molar-refractivity contribution in [3.63, 3.8) is 0 Å². The number of carbonyl (C=O) groups is 2. The summed E-state index contributed by atoms with van der Waals surface area (Å²) in [6.45, 7) is -0.268. The highest BCUT2D eigenvalue weighted by atomic mass is 79.9. The molecule has 2 amide bonds. The predicted octanol–water partition coefficient (Wildman–Crippen LogP) is 1.88. The van der Waals surface area contributed by atoms with Crippen molar-refractivity contribution in [2.24, 2.45) is 0 Å². The summed E-state index contributed by atoms with van der Waals surface area (Å²) in [7, 11) is -2.62. The zero-order valence-corrected chi connectivity index (χ0v) is 16.8. The molecule has 1 N–H and O–H groups in total. The Balaban J connectivity index is 2.04. The van der Waals surface area contributed by atoms with Crippen LogP contribution in [0.1, 0.15) is 5.56 Å². The Labute approximate surface area is 161 Å². The van der Waals surface area contributed by atoms with Gasteiger partial charge in [0.2, 0.25) is 0 Å². The highest BCUT2D eigenvalue weighted by Gasteiger charge is 2.41. The molecule has 1 aromatic rings. The fraction of sp³-hybridized carbons (Fsp3) is 0.214. The van der Waals surface area contributed by atoms with Crippen molar-refractivity contribution >= 4 is 77.4 Å². The van der Waals surface area contributed by atoms with Crippen LogP contribution in [0.5, 0.6) is 0 Å². The molecule has 1 fully saturated rings. The van der Waals surface area contributed by atoms with E-state index in [1.807, 2.05) is 0 Å². The number of amides is 2. The highest BCUT2D eigenvalue weighted by Crippen LogP contribution is 2.44. The summed E-state index contributed by atoms with van der Waals surface area (Å²) in [5.41, 5.74) is 1.52. The third-order valence-corrected chi connectivity index (χ3v) is 6.40. The van der Waals surface area contributed by atoms with E-state index in [9.17, 15) is 18.0 Å². The predicted molar refractivity (Wildman–Crippen MR) is 103 cm³/mol. The van der Waals surface area contributed by atoms with Gasteiger partial charge in [0.1, 0.15) is 4.32 Å². The van der Waals surface area contributed by atoms with Gasteiger partial charge in [0.25, 0.3) is 21.9 Å². The van der Waals surface area contributed by atoms with Crippen LogP contribution in [-0.2, 0) is 19.7 Å². The smallest absolute Gasteiger partial charge is 0.267 e. The minimum absolute atomic E-state index is 0.148. The minimum atomic E-state index is -4.23. The number of hydrogen-bond donors (Lipinski definition) is 1. The number of thioether (sulfide) groups is 1. The number of likely N-dealkylation sites (N-methyl/N-ethyl adjacent to an activating group) is 1. The first kappa shape index (κ1) is 18.5. The van der Waals surface area contributed by atoms with Crippen molar-refractivity contribution in [3.05, 3.63) is 33.1 Å². The maximum Gasteiger partial charge on any atom is 0.267 e. The van der Waals surface area contributed by atoms with Crippen LogP contribution < -0.4 is 4.90 Å². The molecule has 0 unspecified atom stereocenters. The van der Waals surface area contributed by atoms with Crippen LogP contribution in [-0.4, -0.2) is 53.4 Å². The zero-order chi connectivity index (χ0) is 18.5. The first-order valence-electron chi connectivity index (χ1n) is 6.91. The lowest BCUT2D eigenvalue weighted by Crippen LogP contribution is -2.33. The second kappa shape index (κ2) is 6.47. The molecule has 0 aromatic heterocycles. The standard InChI is InChI=1S/C14H11BrN2O5S3/c1-16-9-3-2-7(15)6-8(9)10(12(16)18)11-13(19)17(14(23)24-11)4-5-25(20,21)22/h2-3,6H,4-5H2,1H3,(H,20,21,22)/b11-10+. The fourth-order valence-electron chi connectivity index (χ4n) is 2.56. The van der Waals surface area contributed by atoms with Gasteiger partial charge >= 0.3 is 0 Å². The van der Waals surface area contributed by atoms with Gasteiger partial charge in [0, 0.05) is 23.6 Å². The molecule has 3 rings (SSSR count). The van der Waals surface area contributed by atoms with Gasteiger partial charge < -0.3 is 4.90 Å². The van der Waals surface area contributed by atoms with Crippen LogP contribution in [0.4, 0.5) is 5.69 Å². The van der Waals surface area contributed by atoms with Crippen LogP contribution in [0.25, 0.3) is 5.57 Å². The van der Waals surface area contributed by atoms with Crippen molar-refractivity contribution in [2.45, 2.75) is 0 Å². The monoisotopic (exact) mass is 462 g/mol. The van der Waals surface area contributed by atoms with Crippen molar-refractivity contribution in [1.82, 2.24) is 4.90 Å². The molecule has 1 aromatic carbocycles. The number of rotatable bonds is 3. The van der Waals surface area contributed by atoms with E-state index >= 15 is 0 Å². The van der Waals surface area contributed by atoms with Gasteiger partial charge in [0.15, 0.2) is 0 Å². The van der Waals surface area contributed by atoms with Gasteiger partial charge in [-0.1, -0.05) is 39.9 Å². The summed E-state index contributed by atoms with van der Waals surface area (Å²) >= 11 is 9.44. The highest BCUT2D eigenvalue weighted by molar-refractivity contribution is 9.10. The van der Waals surface area contributed by atoms with E-state index in [1.54, 1.807) is 25.2 Å². The molecule has 0 spiro atoms. The average Bonchev–Trinajstić information content (AvgIpc) is 2.91. The molecule has 7 nitrogen and oxygen atoms in total. The molecule has 2 aliphatic heterocycles. The lowest BCUT2D eigenvalue weighted by Gasteiger charge is -2.12. The first-order chi connectivity index (χ1) is 11.6. The number of thiocarbonyl (C=S) groups is 1. The number of halogens is 1. The summed E-state index contributed by atoms with van der Waals surface area (Å²) in [6, 6.07) is 5.31. The van der Waals surface area contributed by atoms with Crippen molar-refractivity contribution < 1.29 is 22.6 Å². The largest absolute Gasteiger partial charge is 0.311 e. The van der Waals surface area contributed by atoms with E-state index in [4.69, 9.17) is 16.8 Å². The van der Waals surface area contributed by atoms with Crippen LogP contribution in [0.3, 0.4) is 0 Å². The molecule has 132 valence electrons. The third kappa shape index (κ3) is 3.38. The minimum Gasteiger partial charge on any atom is -0.311 e. The number of benzene rings is 1. The van der Waals surface area contributed by atoms with Gasteiger partial charge in [-0.05, 0) is 18.2 Å². The molecule has 0 saturated carbocycles. The molecule has 25 heavy (non-hydrogen) atoms. The van der Waals surface area contributed by atoms with Gasteiger partial charge in [-0.15, -0.1) is 0 Å². The van der Waals surface area contributed by atoms with Crippen molar-refractivity contribution in [3.8, 4) is 0 Å². The van der Waals surface area contributed by atoms with Crippen LogP contribution >= 0.6 is 39.9 Å². The molecule has 0 atom stereocenters. The maximum absolute atomic E-state index is 12.7. The average molecular weight is 463 g/mol. The number of fused-ring (bicyclic) bond motifs is 1. The van der Waals surface area contributed by atoms with Gasteiger partial charge in [0.05, 0.1) is 21.9 Å². The van der Waals surface area contributed by atoms with Crippen molar-refractivity contribution in [1.29, 1.82) is 0 Å². The van der Waals surface area contributed by atoms with Gasteiger partial charge in [-0.25, -0.2) is 0 Å². The van der Waals surface area contributed by atoms with Crippen LogP contribution in [0.2, 0.25) is 0 Å². The Hall–Kier alpha value is -1.27. The number of anilines is 1. The lowest BCUT2D eigenvalue weighted by molar-refractivity contribution is -0.122. The SMILES string of the molecule is CN1C(=O)/C(=C2/SC(=S)N(CCS(=O)(=O)O)C2=O)c2cc(Br)ccc21. The molecule has 0 bridgehead atoms. The molecule has 11 heteroatoms. The summed E-state index contributed by atoms with van der Waals surface area (Å²) in [5, 5.41) is 0. The summed E-state index contributed by atoms with van der Waals surface area (Å²) in [6.07, 6.45) is 0. The van der Waals surface area contributed by atoms with E-state index in [1.165, 1.54) is 4.90 Å². The van der Waals surface area contributed by atoms with E-state index in [0.29, 0.717) is 11.3 Å². The first-order valence-corrected chi connectivity index (χ1v) is 10.5. The topological polar surface area (TPSA) is 95.0 Å². The Morgan fingerprint density at radius 1 is 1.28 bits per heavy atom. The summed E-state index contributed by atoms with van der Waals surface area (Å²) < 4.78 is 31.6. The van der Waals surface area contributed by atoms with Crippen LogP contribution in [0, 0.1) is 0 Å². The Morgan fingerprint density at radius 2 is 1.96 bits per heavy atom. The Bertz CT molecular complexity index is 957. The van der Waals surface area contributed by atoms with E-state index in [2.05, 4.69) is 15.9 Å². The van der Waals surface area contributed by atoms with E-state index in [0.717, 1.165) is 21.1 Å².